The van der Waals surface area contributed by atoms with Crippen molar-refractivity contribution in [1.82, 2.24) is 0 Å². The smallest absolute Gasteiger partial charge is 0.0873 e. The number of anilines is 2. The number of hydrogen-bond donors (Lipinski definition) is 1. The third-order valence-corrected chi connectivity index (χ3v) is 4.01. The van der Waals surface area contributed by atoms with Crippen LogP contribution in [0.25, 0.3) is 0 Å². The molecular formula is C14H20N2O. The van der Waals surface area contributed by atoms with Gasteiger partial charge < -0.3 is 15.4 Å². The lowest BCUT2D eigenvalue weighted by molar-refractivity contribution is -0.0621. The number of ether oxygens (including phenoxy) is 1. The lowest BCUT2D eigenvalue weighted by atomic mass is 9.93. The van der Waals surface area contributed by atoms with Crippen molar-refractivity contribution in [2.45, 2.75) is 31.3 Å². The molecule has 17 heavy (non-hydrogen) atoms. The fourth-order valence-corrected chi connectivity index (χ4v) is 2.98. The van der Waals surface area contributed by atoms with Gasteiger partial charge in [-0.15, -0.1) is 0 Å². The first-order valence-corrected chi connectivity index (χ1v) is 6.52. The summed E-state index contributed by atoms with van der Waals surface area (Å²) in [6, 6.07) is 8.17. The number of benzene rings is 1. The summed E-state index contributed by atoms with van der Waals surface area (Å²) in [5, 5.41) is 0. The standard InChI is InChI=1S/C14H20N2O/c15-12-3-5-13(6-4-12)16-9-8-14(11-16)7-1-2-10-17-14/h3-6H,1-2,7-11,15H2/t14-/m1/s1. The van der Waals surface area contributed by atoms with E-state index >= 15 is 0 Å². The molecule has 1 spiro atoms. The highest BCUT2D eigenvalue weighted by atomic mass is 16.5. The van der Waals surface area contributed by atoms with E-state index in [0.29, 0.717) is 0 Å². The molecule has 2 aliphatic heterocycles. The van der Waals surface area contributed by atoms with E-state index in [1.54, 1.807) is 0 Å². The number of hydrogen-bond acceptors (Lipinski definition) is 3. The van der Waals surface area contributed by atoms with Crippen molar-refractivity contribution in [3.63, 3.8) is 0 Å². The molecule has 0 amide bonds. The van der Waals surface area contributed by atoms with Crippen LogP contribution in [-0.4, -0.2) is 25.3 Å². The molecule has 3 heteroatoms. The molecular weight excluding hydrogens is 212 g/mol. The summed E-state index contributed by atoms with van der Waals surface area (Å²) in [6.45, 7) is 3.08. The molecule has 2 fully saturated rings. The number of nitrogen functional groups attached to an aromatic ring is 1. The van der Waals surface area contributed by atoms with E-state index in [0.717, 1.165) is 31.8 Å². The van der Waals surface area contributed by atoms with E-state index in [1.807, 2.05) is 12.1 Å². The van der Waals surface area contributed by atoms with Gasteiger partial charge in [0.15, 0.2) is 0 Å². The Hall–Kier alpha value is -1.22. The molecule has 1 aromatic rings. The topological polar surface area (TPSA) is 38.5 Å². The Labute approximate surface area is 103 Å². The van der Waals surface area contributed by atoms with Crippen molar-refractivity contribution in [2.75, 3.05) is 30.3 Å². The molecule has 0 saturated carbocycles. The predicted molar refractivity (Wildman–Crippen MR) is 70.2 cm³/mol. The summed E-state index contributed by atoms with van der Waals surface area (Å²) in [6.07, 6.45) is 4.93. The first-order chi connectivity index (χ1) is 8.27. The van der Waals surface area contributed by atoms with Crippen molar-refractivity contribution < 1.29 is 4.74 Å². The second-order valence-corrected chi connectivity index (χ2v) is 5.25. The quantitative estimate of drug-likeness (QED) is 0.756. The third kappa shape index (κ3) is 2.12. The molecule has 1 atom stereocenters. The monoisotopic (exact) mass is 232 g/mol. The Morgan fingerprint density at radius 2 is 1.94 bits per heavy atom. The number of nitrogens with two attached hydrogens (primary N) is 1. The van der Waals surface area contributed by atoms with Gasteiger partial charge in [0, 0.05) is 31.1 Å². The minimum atomic E-state index is 0.139. The predicted octanol–water partition coefficient (Wildman–Crippen LogP) is 2.42. The van der Waals surface area contributed by atoms with Crippen LogP contribution in [0.2, 0.25) is 0 Å². The van der Waals surface area contributed by atoms with E-state index in [1.165, 1.54) is 24.9 Å². The Morgan fingerprint density at radius 1 is 1.12 bits per heavy atom. The molecule has 2 aliphatic rings. The van der Waals surface area contributed by atoms with Gasteiger partial charge in [-0.1, -0.05) is 0 Å². The zero-order valence-corrected chi connectivity index (χ0v) is 10.2. The summed E-state index contributed by atoms with van der Waals surface area (Å²) < 4.78 is 6.04. The van der Waals surface area contributed by atoms with E-state index in [2.05, 4.69) is 17.0 Å². The average molecular weight is 232 g/mol. The summed E-state index contributed by atoms with van der Waals surface area (Å²) in [7, 11) is 0. The normalized spacial score (nSPS) is 28.8. The maximum atomic E-state index is 6.04. The van der Waals surface area contributed by atoms with Crippen molar-refractivity contribution in [2.24, 2.45) is 0 Å². The molecule has 1 aromatic carbocycles. The third-order valence-electron chi connectivity index (χ3n) is 4.01. The highest BCUT2D eigenvalue weighted by molar-refractivity contribution is 5.54. The molecule has 2 N–H and O–H groups in total. The van der Waals surface area contributed by atoms with Crippen LogP contribution in [0.5, 0.6) is 0 Å². The van der Waals surface area contributed by atoms with Gasteiger partial charge in [-0.05, 0) is 49.9 Å². The van der Waals surface area contributed by atoms with Gasteiger partial charge in [0.1, 0.15) is 0 Å². The molecule has 3 nitrogen and oxygen atoms in total. The molecule has 2 heterocycles. The molecule has 3 rings (SSSR count). The highest BCUT2D eigenvalue weighted by Crippen LogP contribution is 2.36. The first kappa shape index (κ1) is 10.9. The van der Waals surface area contributed by atoms with Crippen LogP contribution in [0.1, 0.15) is 25.7 Å². The highest BCUT2D eigenvalue weighted by Gasteiger charge is 2.40. The van der Waals surface area contributed by atoms with Crippen LogP contribution in [0.4, 0.5) is 11.4 Å². The van der Waals surface area contributed by atoms with Crippen LogP contribution in [0.15, 0.2) is 24.3 Å². The van der Waals surface area contributed by atoms with Crippen molar-refractivity contribution >= 4 is 11.4 Å². The minimum absolute atomic E-state index is 0.139. The Balaban J connectivity index is 1.72. The Morgan fingerprint density at radius 3 is 2.65 bits per heavy atom. The zero-order chi connectivity index (χ0) is 11.7. The van der Waals surface area contributed by atoms with Crippen LogP contribution in [0, 0.1) is 0 Å². The summed E-state index contributed by atoms with van der Waals surface area (Å²) in [4.78, 5) is 2.42. The summed E-state index contributed by atoms with van der Waals surface area (Å²) in [5.74, 6) is 0. The van der Waals surface area contributed by atoms with Gasteiger partial charge in [-0.25, -0.2) is 0 Å². The average Bonchev–Trinajstić information content (AvgIpc) is 2.75. The maximum absolute atomic E-state index is 6.04. The molecule has 0 bridgehead atoms. The molecule has 0 unspecified atom stereocenters. The zero-order valence-electron chi connectivity index (χ0n) is 10.2. The fraction of sp³-hybridized carbons (Fsp3) is 0.571. The molecule has 0 aromatic heterocycles. The van der Waals surface area contributed by atoms with E-state index in [4.69, 9.17) is 10.5 Å². The van der Waals surface area contributed by atoms with E-state index in [-0.39, 0.29) is 5.60 Å². The first-order valence-electron chi connectivity index (χ1n) is 6.52. The van der Waals surface area contributed by atoms with Crippen LogP contribution in [-0.2, 0) is 4.74 Å². The van der Waals surface area contributed by atoms with Crippen molar-refractivity contribution in [1.29, 1.82) is 0 Å². The lowest BCUT2D eigenvalue weighted by Gasteiger charge is -2.33. The van der Waals surface area contributed by atoms with Crippen LogP contribution < -0.4 is 10.6 Å². The minimum Gasteiger partial charge on any atom is -0.399 e. The molecule has 2 saturated heterocycles. The fourth-order valence-electron chi connectivity index (χ4n) is 2.98. The van der Waals surface area contributed by atoms with E-state index in [9.17, 15) is 0 Å². The van der Waals surface area contributed by atoms with Gasteiger partial charge in [0.05, 0.1) is 5.60 Å². The Kier molecular flexibility index (Phi) is 2.71. The van der Waals surface area contributed by atoms with E-state index < -0.39 is 0 Å². The molecule has 0 radical (unpaired) electrons. The lowest BCUT2D eigenvalue weighted by Crippen LogP contribution is -2.39. The maximum Gasteiger partial charge on any atom is 0.0873 e. The largest absolute Gasteiger partial charge is 0.399 e. The number of nitrogens with zero attached hydrogens (tertiary/aromatic N) is 1. The SMILES string of the molecule is Nc1ccc(N2CC[C@]3(CCCCO3)C2)cc1. The van der Waals surface area contributed by atoms with Gasteiger partial charge >= 0.3 is 0 Å². The van der Waals surface area contributed by atoms with Crippen LogP contribution in [0.3, 0.4) is 0 Å². The molecule has 92 valence electrons. The van der Waals surface area contributed by atoms with Crippen LogP contribution >= 0.6 is 0 Å². The second-order valence-electron chi connectivity index (χ2n) is 5.25. The van der Waals surface area contributed by atoms with Crippen molar-refractivity contribution in [3.05, 3.63) is 24.3 Å². The summed E-state index contributed by atoms with van der Waals surface area (Å²) in [5.41, 5.74) is 7.96. The van der Waals surface area contributed by atoms with Gasteiger partial charge in [0.25, 0.3) is 0 Å². The van der Waals surface area contributed by atoms with Gasteiger partial charge in [-0.3, -0.25) is 0 Å². The Bertz CT molecular complexity index is 382. The van der Waals surface area contributed by atoms with Gasteiger partial charge in [-0.2, -0.15) is 0 Å². The summed E-state index contributed by atoms with van der Waals surface area (Å²) >= 11 is 0. The number of rotatable bonds is 1. The van der Waals surface area contributed by atoms with Crippen molar-refractivity contribution in [3.8, 4) is 0 Å². The van der Waals surface area contributed by atoms with Gasteiger partial charge in [0.2, 0.25) is 0 Å². The molecule has 0 aliphatic carbocycles. The second kappa shape index (κ2) is 4.22.